The zero-order chi connectivity index (χ0) is 84.2. The lowest BCUT2D eigenvalue weighted by molar-refractivity contribution is -0.118. The number of hydrogen-bond acceptors (Lipinski definition) is 30. The van der Waals surface area contributed by atoms with E-state index in [9.17, 15) is 27.6 Å². The Kier molecular flexibility index (Phi) is 27.3. The number of benzene rings is 4. The van der Waals surface area contributed by atoms with Crippen LogP contribution in [0.25, 0.3) is 0 Å². The van der Waals surface area contributed by atoms with Crippen molar-refractivity contribution in [3.8, 4) is 0 Å². The van der Waals surface area contributed by atoms with E-state index in [4.69, 9.17) is 37.9 Å². The first-order chi connectivity index (χ1) is 59.2. The van der Waals surface area contributed by atoms with Gasteiger partial charge in [0.15, 0.2) is 23.1 Å². The smallest absolute Gasteiger partial charge is 0.229 e. The number of rotatable bonds is 24. The number of carbonyl (C=O) groups is 4. The zero-order valence-corrected chi connectivity index (χ0v) is 71.7. The molecule has 0 bridgehead atoms. The standard InChI is InChI=1S/C24H32N6O.C23H30N6O.C22H30N6O3S.C22H28N6O/c25-22-21-13-20(31)16-30(23(21)28-24(27-22)26-19-8-1-2-9-19)15-18-7-5-6-17(12-18)14-29-10-3-4-11-29;24-21-20-13-19(30)16-29(22(20)26-23(25-21)28-10-3-4-11-28)15-18-7-5-6-17(12-18)14-27-8-1-2-9-27;1-32(30,31)10-7-24-22-25-20(23)19-12-18(29)15-28(21(19)26-22)14-17-6-4-5-16(11-17)13-27-8-2-3-9-27;23-20-19-12-18(29)15-28(21(19)25-22(24-20)27-9-4-10-27)14-17-6-3-5-16(11-17)13-26-7-1-2-8-26/h5-7,12,19H,1-4,8-11,13-16H2,(H3,25,26,27,28);5-7,12H,1-4,8-11,13-16H2,(H2,24,25,26);4-6,11H,2-3,7-10,12-15H2,1H3,(H3,23,24,25,26);3,5-6,11H,1-2,4,7-10,12-15H2,(H2,23,24,25). The molecule has 11 aliphatic rings. The fourth-order valence-corrected chi connectivity index (χ4v) is 19.3. The highest BCUT2D eigenvalue weighted by atomic mass is 32.2. The molecule has 7 fully saturated rings. The number of aromatic nitrogens is 8. The van der Waals surface area contributed by atoms with Crippen molar-refractivity contribution in [2.24, 2.45) is 0 Å². The number of hydrogen-bond donors (Lipinski definition) is 6. The van der Waals surface area contributed by atoms with Crippen molar-refractivity contribution < 1.29 is 27.6 Å². The summed E-state index contributed by atoms with van der Waals surface area (Å²) in [6.45, 7) is 21.3. The number of sulfone groups is 1. The van der Waals surface area contributed by atoms with Crippen molar-refractivity contribution in [1.82, 2.24) is 59.5 Å². The predicted octanol–water partition coefficient (Wildman–Crippen LogP) is 8.77. The summed E-state index contributed by atoms with van der Waals surface area (Å²) in [5, 5.41) is 6.40. The molecule has 122 heavy (non-hydrogen) atoms. The van der Waals surface area contributed by atoms with Gasteiger partial charge in [0.05, 0.1) is 31.9 Å². The van der Waals surface area contributed by atoms with Crippen LogP contribution in [0.15, 0.2) is 97.1 Å². The van der Waals surface area contributed by atoms with Crippen LogP contribution >= 0.6 is 0 Å². The molecule has 31 heteroatoms. The number of fused-ring (bicyclic) bond motifs is 4. The lowest BCUT2D eigenvalue weighted by atomic mass is 10.0. The summed E-state index contributed by atoms with van der Waals surface area (Å²) >= 11 is 0. The molecule has 0 radical (unpaired) electrons. The second-order valence-electron chi connectivity index (χ2n) is 35.1. The third-order valence-electron chi connectivity index (χ3n) is 25.1. The molecule has 0 amide bonds. The van der Waals surface area contributed by atoms with Crippen molar-refractivity contribution in [3.05, 3.63) is 164 Å². The Balaban J connectivity index is 0.000000121. The highest BCUT2D eigenvalue weighted by molar-refractivity contribution is 7.90. The number of ketones is 4. The number of nitrogens with zero attached hydrogens (tertiary/aromatic N) is 18. The van der Waals surface area contributed by atoms with Gasteiger partial charge in [0.1, 0.15) is 56.4 Å². The zero-order valence-electron chi connectivity index (χ0n) is 70.9. The Morgan fingerprint density at radius 2 is 0.623 bits per heavy atom. The fraction of sp³-hybridized carbons (Fsp3) is 0.516. The molecule has 0 unspecified atom stereocenters. The number of nitrogen functional groups attached to an aromatic ring is 4. The van der Waals surface area contributed by atoms with Crippen LogP contribution in [-0.4, -0.2) is 220 Å². The Bertz CT molecular complexity index is 5170. The average molecular weight is 1680 g/mol. The summed E-state index contributed by atoms with van der Waals surface area (Å²) in [4.78, 5) is 109. The van der Waals surface area contributed by atoms with E-state index in [0.717, 1.165) is 137 Å². The Hall–Kier alpha value is -10.7. The molecule has 6 saturated heterocycles. The largest absolute Gasteiger partial charge is 0.383 e. The maximum atomic E-state index is 12.5. The highest BCUT2D eigenvalue weighted by Crippen LogP contribution is 2.37. The molecule has 10 N–H and O–H groups in total. The van der Waals surface area contributed by atoms with Crippen molar-refractivity contribution >= 4 is 103 Å². The van der Waals surface area contributed by atoms with Gasteiger partial charge in [0.2, 0.25) is 23.8 Å². The Morgan fingerprint density at radius 3 is 0.934 bits per heavy atom. The van der Waals surface area contributed by atoms with Crippen LogP contribution in [0.4, 0.5) is 70.3 Å². The van der Waals surface area contributed by atoms with Crippen LogP contribution in [-0.2, 0) is 107 Å². The molecule has 14 heterocycles. The van der Waals surface area contributed by atoms with E-state index >= 15 is 0 Å². The average Bonchev–Trinajstić information content (AvgIpc) is 1.10. The number of nitrogens with one attached hydrogen (secondary N) is 2. The first-order valence-electron chi connectivity index (χ1n) is 44.3. The Morgan fingerprint density at radius 1 is 0.344 bits per heavy atom. The van der Waals surface area contributed by atoms with Crippen LogP contribution in [0.5, 0.6) is 0 Å². The third kappa shape index (κ3) is 22.2. The van der Waals surface area contributed by atoms with Crippen molar-refractivity contribution in [3.63, 3.8) is 0 Å². The van der Waals surface area contributed by atoms with Gasteiger partial charge in [-0.05, 0) is 180 Å². The summed E-state index contributed by atoms with van der Waals surface area (Å²) in [6.07, 6.45) is 20.9. The van der Waals surface area contributed by atoms with E-state index in [0.29, 0.717) is 118 Å². The fourth-order valence-electron chi connectivity index (χ4n) is 18.8. The van der Waals surface area contributed by atoms with Gasteiger partial charge < -0.3 is 63.0 Å². The van der Waals surface area contributed by atoms with Gasteiger partial charge in [-0.15, -0.1) is 0 Å². The number of nitrogens with two attached hydrogens (primary N) is 4. The summed E-state index contributed by atoms with van der Waals surface area (Å²) < 4.78 is 22.8. The van der Waals surface area contributed by atoms with E-state index in [-0.39, 0.29) is 60.2 Å². The van der Waals surface area contributed by atoms with Crippen molar-refractivity contribution in [1.29, 1.82) is 0 Å². The van der Waals surface area contributed by atoms with Gasteiger partial charge >= 0.3 is 0 Å². The van der Waals surface area contributed by atoms with E-state index in [2.05, 4.69) is 177 Å². The molecule has 1 saturated carbocycles. The van der Waals surface area contributed by atoms with Gasteiger partial charge in [-0.1, -0.05) is 110 Å². The van der Waals surface area contributed by atoms with Crippen molar-refractivity contribution in [2.75, 3.05) is 186 Å². The van der Waals surface area contributed by atoms with Crippen LogP contribution in [0.3, 0.4) is 0 Å². The first-order valence-corrected chi connectivity index (χ1v) is 46.4. The normalized spacial score (nSPS) is 18.9. The van der Waals surface area contributed by atoms with E-state index in [1.54, 1.807) is 0 Å². The predicted molar refractivity (Wildman–Crippen MR) is 481 cm³/mol. The number of Topliss-reactive ketones (excluding diaryl/α,β-unsaturated/α-hetero) is 4. The van der Waals surface area contributed by atoms with E-state index < -0.39 is 9.84 Å². The molecule has 1 aliphatic carbocycles. The summed E-state index contributed by atoms with van der Waals surface area (Å²) in [6, 6.07) is 35.0. The molecular weight excluding hydrogens is 1560 g/mol. The number of likely N-dealkylation sites (tertiary alicyclic amines) is 4. The molecule has 19 rings (SSSR count). The van der Waals surface area contributed by atoms with Crippen LogP contribution in [0.1, 0.15) is 163 Å². The van der Waals surface area contributed by atoms with Crippen molar-refractivity contribution in [2.45, 2.75) is 180 Å². The molecular formula is C91H120N24O6S. The molecule has 0 atom stereocenters. The minimum absolute atomic E-state index is 0.0284. The lowest BCUT2D eigenvalue weighted by Crippen LogP contribution is -2.41. The molecule has 646 valence electrons. The SMILES string of the molecule is CS(=O)(=O)CCNc1nc(N)c2c(n1)N(Cc1cccc(CN3CCCC3)c1)CC(=O)C2.Nc1nc(N2CCC2)nc2c1CC(=O)CN2Cc1cccc(CN2CCCC2)c1.Nc1nc(N2CCCC2)nc2c1CC(=O)CN2Cc1cccc(CN2CCCC2)c1.Nc1nc(NC2CCCC2)nc2c1CC(=O)CN2Cc1cccc(CN2CCCC2)c1. The minimum Gasteiger partial charge on any atom is -0.383 e. The van der Waals surface area contributed by atoms with Gasteiger partial charge in [-0.25, -0.2) is 8.42 Å². The molecule has 4 aromatic heterocycles. The van der Waals surface area contributed by atoms with Crippen LogP contribution in [0.2, 0.25) is 0 Å². The Labute approximate surface area is 716 Å². The number of carbonyl (C=O) groups excluding carboxylic acids is 4. The van der Waals surface area contributed by atoms with Gasteiger partial charge in [-0.2, -0.15) is 39.9 Å². The highest BCUT2D eigenvalue weighted by Gasteiger charge is 2.35. The summed E-state index contributed by atoms with van der Waals surface area (Å²) in [5.41, 5.74) is 37.8. The lowest BCUT2D eigenvalue weighted by Gasteiger charge is -2.34. The van der Waals surface area contributed by atoms with Gasteiger partial charge in [0.25, 0.3) is 0 Å². The number of anilines is 12. The van der Waals surface area contributed by atoms with E-state index in [1.807, 2.05) is 4.90 Å². The molecule has 4 aromatic carbocycles. The molecule has 8 aromatic rings. The second-order valence-corrected chi connectivity index (χ2v) is 37.4. The monoisotopic (exact) mass is 1680 g/mol. The van der Waals surface area contributed by atoms with Crippen LogP contribution in [0, 0.1) is 0 Å². The van der Waals surface area contributed by atoms with E-state index in [1.165, 1.54) is 149 Å². The third-order valence-corrected chi connectivity index (χ3v) is 26.0. The first kappa shape index (κ1) is 84.9. The maximum absolute atomic E-state index is 12.5. The van der Waals surface area contributed by atoms with Crippen LogP contribution < -0.4 is 63.0 Å². The quantitative estimate of drug-likeness (QED) is 0.0329. The summed E-state index contributed by atoms with van der Waals surface area (Å²) in [7, 11) is -3.10. The molecule has 0 spiro atoms. The topological polar surface area (TPSA) is 366 Å². The second kappa shape index (κ2) is 39.2. The van der Waals surface area contributed by atoms with Gasteiger partial charge in [0, 0.05) is 145 Å². The summed E-state index contributed by atoms with van der Waals surface area (Å²) in [5.74, 6) is 7.42. The van der Waals surface area contributed by atoms with Gasteiger partial charge in [-0.3, -0.25) is 38.8 Å². The maximum Gasteiger partial charge on any atom is 0.229 e. The minimum atomic E-state index is -3.10. The molecule has 30 nitrogen and oxygen atoms in total. The molecule has 10 aliphatic heterocycles.